The van der Waals surface area contributed by atoms with Crippen molar-refractivity contribution in [2.24, 2.45) is 0 Å². The second kappa shape index (κ2) is 11.4. The van der Waals surface area contributed by atoms with Gasteiger partial charge in [0.05, 0.1) is 11.0 Å². The van der Waals surface area contributed by atoms with Crippen LogP contribution in [0.4, 0.5) is 0 Å². The van der Waals surface area contributed by atoms with E-state index in [4.69, 9.17) is 19.4 Å². The fourth-order valence-corrected chi connectivity index (χ4v) is 7.15. The summed E-state index contributed by atoms with van der Waals surface area (Å²) in [5.74, 6) is 1.76. The molecule has 3 heterocycles. The Morgan fingerprint density at radius 1 is 0.360 bits per heavy atom. The van der Waals surface area contributed by atoms with E-state index >= 15 is 0 Å². The molecule has 0 aliphatic carbocycles. The summed E-state index contributed by atoms with van der Waals surface area (Å²) in [6, 6.07) is 58.5. The Morgan fingerprint density at radius 3 is 1.56 bits per heavy atom. The van der Waals surface area contributed by atoms with Crippen molar-refractivity contribution in [3.05, 3.63) is 170 Å². The van der Waals surface area contributed by atoms with E-state index in [0.717, 1.165) is 77.1 Å². The minimum atomic E-state index is 0.554. The summed E-state index contributed by atoms with van der Waals surface area (Å²) >= 11 is 0. The molecule has 0 amide bonds. The van der Waals surface area contributed by atoms with E-state index in [0.29, 0.717) is 17.6 Å². The highest BCUT2D eigenvalue weighted by Crippen LogP contribution is 2.41. The predicted octanol–water partition coefficient (Wildman–Crippen LogP) is 11.5. The molecule has 5 heteroatoms. The average molecular weight is 641 g/mol. The topological polar surface area (TPSA) is 56.7 Å². The molecule has 7 aromatic carbocycles. The average Bonchev–Trinajstić information content (AvgIpc) is 3.74. The molecule has 0 aliphatic rings. The van der Waals surface area contributed by atoms with Crippen LogP contribution >= 0.6 is 0 Å². The molecule has 10 rings (SSSR count). The number of fused-ring (bicyclic) bond motifs is 7. The first kappa shape index (κ1) is 28.2. The van der Waals surface area contributed by atoms with E-state index in [2.05, 4.69) is 150 Å². The van der Waals surface area contributed by atoms with Crippen molar-refractivity contribution in [1.29, 1.82) is 0 Å². The molecule has 0 unspecified atom stereocenters. The zero-order valence-electron chi connectivity index (χ0n) is 26.9. The summed E-state index contributed by atoms with van der Waals surface area (Å²) in [6.07, 6.45) is 0. The van der Waals surface area contributed by atoms with Gasteiger partial charge in [0.15, 0.2) is 11.6 Å². The molecule has 0 bridgehead atoms. The van der Waals surface area contributed by atoms with Crippen LogP contribution in [0.5, 0.6) is 0 Å². The summed E-state index contributed by atoms with van der Waals surface area (Å²) in [6.45, 7) is 0. The maximum Gasteiger partial charge on any atom is 0.238 e. The highest BCUT2D eigenvalue weighted by molar-refractivity contribution is 6.27. The van der Waals surface area contributed by atoms with Crippen LogP contribution in [0.25, 0.3) is 94.7 Å². The second-order valence-corrected chi connectivity index (χ2v) is 12.5. The van der Waals surface area contributed by atoms with Gasteiger partial charge < -0.3 is 4.42 Å². The minimum absolute atomic E-state index is 0.554. The number of rotatable bonds is 5. The van der Waals surface area contributed by atoms with Crippen molar-refractivity contribution in [2.45, 2.75) is 0 Å². The molecule has 10 aromatic rings. The Labute approximate surface area is 287 Å². The van der Waals surface area contributed by atoms with E-state index < -0.39 is 0 Å². The zero-order chi connectivity index (χ0) is 33.0. The van der Waals surface area contributed by atoms with E-state index in [1.165, 1.54) is 0 Å². The van der Waals surface area contributed by atoms with Crippen molar-refractivity contribution in [3.63, 3.8) is 0 Å². The van der Waals surface area contributed by atoms with Crippen molar-refractivity contribution in [1.82, 2.24) is 19.5 Å². The van der Waals surface area contributed by atoms with Gasteiger partial charge in [-0.15, -0.1) is 0 Å². The fraction of sp³-hybridized carbons (Fsp3) is 0. The summed E-state index contributed by atoms with van der Waals surface area (Å²) < 4.78 is 8.49. The minimum Gasteiger partial charge on any atom is -0.456 e. The van der Waals surface area contributed by atoms with Crippen LogP contribution in [0, 0.1) is 0 Å². The third-order valence-corrected chi connectivity index (χ3v) is 9.46. The maximum atomic E-state index is 6.32. The number of nitrogens with zero attached hydrogens (tertiary/aromatic N) is 4. The standard InChI is InChI=1S/C45H28N4O/c1-3-13-29(14-4-1)31-17-11-19-33(27-31)43-46-44(34-20-12-18-32(28-34)30-15-5-2-6-16-30)48-45(47-43)49-37-23-9-7-21-35(37)41-38(49)25-26-40-42(41)36-22-8-10-24-39(36)50-40/h1-28H. The van der Waals surface area contributed by atoms with Crippen molar-refractivity contribution >= 4 is 43.7 Å². The Balaban J connectivity index is 1.25. The lowest BCUT2D eigenvalue weighted by atomic mass is 10.0. The Hall–Kier alpha value is -6.85. The molecule has 0 atom stereocenters. The van der Waals surface area contributed by atoms with Crippen molar-refractivity contribution < 1.29 is 4.42 Å². The van der Waals surface area contributed by atoms with Gasteiger partial charge in [0.25, 0.3) is 0 Å². The van der Waals surface area contributed by atoms with E-state index in [9.17, 15) is 0 Å². The summed E-state index contributed by atoms with van der Waals surface area (Å²) in [5, 5.41) is 4.40. The fourth-order valence-electron chi connectivity index (χ4n) is 7.15. The third kappa shape index (κ3) is 4.60. The van der Waals surface area contributed by atoms with Crippen molar-refractivity contribution in [2.75, 3.05) is 0 Å². The van der Waals surface area contributed by atoms with Crippen LogP contribution in [-0.2, 0) is 0 Å². The molecule has 5 nitrogen and oxygen atoms in total. The largest absolute Gasteiger partial charge is 0.456 e. The van der Waals surface area contributed by atoms with Crippen LogP contribution in [0.3, 0.4) is 0 Å². The smallest absolute Gasteiger partial charge is 0.238 e. The van der Waals surface area contributed by atoms with Crippen LogP contribution in [-0.4, -0.2) is 19.5 Å². The highest BCUT2D eigenvalue weighted by atomic mass is 16.3. The number of furan rings is 1. The van der Waals surface area contributed by atoms with Gasteiger partial charge in [-0.05, 0) is 58.7 Å². The van der Waals surface area contributed by atoms with Crippen LogP contribution < -0.4 is 0 Å². The third-order valence-electron chi connectivity index (χ3n) is 9.46. The van der Waals surface area contributed by atoms with Gasteiger partial charge in [0.2, 0.25) is 5.95 Å². The van der Waals surface area contributed by atoms with E-state index in [1.54, 1.807) is 0 Å². The lowest BCUT2D eigenvalue weighted by molar-refractivity contribution is 0.669. The Bertz CT molecular complexity index is 2770. The molecular formula is C45H28N4O. The number of para-hydroxylation sites is 2. The molecule has 50 heavy (non-hydrogen) atoms. The lowest BCUT2D eigenvalue weighted by Gasteiger charge is -2.12. The highest BCUT2D eigenvalue weighted by Gasteiger charge is 2.21. The van der Waals surface area contributed by atoms with Gasteiger partial charge in [-0.2, -0.15) is 9.97 Å². The van der Waals surface area contributed by atoms with E-state index in [1.807, 2.05) is 24.3 Å². The van der Waals surface area contributed by atoms with Gasteiger partial charge in [-0.25, -0.2) is 4.98 Å². The van der Waals surface area contributed by atoms with Crippen LogP contribution in [0.1, 0.15) is 0 Å². The molecule has 0 fully saturated rings. The SMILES string of the molecule is c1ccc(-c2cccc(-c3nc(-c4cccc(-c5ccccc5)c4)nc(-n4c5ccccc5c5c6c(ccc54)oc4ccccc46)n3)c2)cc1. The second-order valence-electron chi connectivity index (χ2n) is 12.5. The number of aromatic nitrogens is 4. The summed E-state index contributed by atoms with van der Waals surface area (Å²) in [4.78, 5) is 15.6. The summed E-state index contributed by atoms with van der Waals surface area (Å²) in [5.41, 5.74) is 10.0. The molecule has 234 valence electrons. The quantitative estimate of drug-likeness (QED) is 0.188. The van der Waals surface area contributed by atoms with Gasteiger partial charge in [-0.1, -0.05) is 133 Å². The number of hydrogen-bond donors (Lipinski definition) is 0. The summed E-state index contributed by atoms with van der Waals surface area (Å²) in [7, 11) is 0. The normalized spacial score (nSPS) is 11.6. The molecule has 0 saturated carbocycles. The molecule has 0 N–H and O–H groups in total. The molecule has 0 saturated heterocycles. The molecular weight excluding hydrogens is 613 g/mol. The Morgan fingerprint density at radius 2 is 0.900 bits per heavy atom. The molecule has 0 spiro atoms. The van der Waals surface area contributed by atoms with Gasteiger partial charge >= 0.3 is 0 Å². The lowest BCUT2D eigenvalue weighted by Crippen LogP contribution is -2.06. The molecule has 0 aliphatic heterocycles. The van der Waals surface area contributed by atoms with Gasteiger partial charge in [0, 0.05) is 32.7 Å². The first-order valence-corrected chi connectivity index (χ1v) is 16.7. The predicted molar refractivity (Wildman–Crippen MR) is 203 cm³/mol. The first-order valence-electron chi connectivity index (χ1n) is 16.7. The monoisotopic (exact) mass is 640 g/mol. The van der Waals surface area contributed by atoms with Crippen LogP contribution in [0.2, 0.25) is 0 Å². The molecule has 0 radical (unpaired) electrons. The van der Waals surface area contributed by atoms with Gasteiger partial charge in [-0.3, -0.25) is 4.57 Å². The maximum absolute atomic E-state index is 6.32. The van der Waals surface area contributed by atoms with E-state index in [-0.39, 0.29) is 0 Å². The number of hydrogen-bond acceptors (Lipinski definition) is 4. The van der Waals surface area contributed by atoms with Crippen molar-refractivity contribution in [3.8, 4) is 51.0 Å². The zero-order valence-corrected chi connectivity index (χ0v) is 26.9. The molecule has 3 aromatic heterocycles. The first-order chi connectivity index (χ1) is 24.8. The Kier molecular flexibility index (Phi) is 6.42. The van der Waals surface area contributed by atoms with Gasteiger partial charge in [0.1, 0.15) is 11.2 Å². The number of benzene rings is 7. The van der Waals surface area contributed by atoms with Crippen LogP contribution in [0.15, 0.2) is 174 Å².